The summed E-state index contributed by atoms with van der Waals surface area (Å²) >= 11 is 0. The van der Waals surface area contributed by atoms with Crippen molar-refractivity contribution in [2.45, 2.75) is 89.3 Å². The van der Waals surface area contributed by atoms with Crippen molar-refractivity contribution >= 4 is 11.6 Å². The van der Waals surface area contributed by atoms with E-state index in [0.717, 1.165) is 12.5 Å². The largest absolute Gasteiger partial charge is 0.457 e. The molecule has 250 valence electrons. The van der Waals surface area contributed by atoms with Crippen LogP contribution in [0.2, 0.25) is 0 Å². The van der Waals surface area contributed by atoms with E-state index >= 15 is 8.78 Å². The summed E-state index contributed by atoms with van der Waals surface area (Å²) in [5.74, 6) is -0.778. The van der Waals surface area contributed by atoms with Gasteiger partial charge in [0.1, 0.15) is 24.3 Å². The lowest BCUT2D eigenvalue weighted by Crippen LogP contribution is -2.70. The first-order valence-electron chi connectivity index (χ1n) is 16.6. The van der Waals surface area contributed by atoms with Gasteiger partial charge in [-0.25, -0.2) is 8.78 Å². The van der Waals surface area contributed by atoms with Gasteiger partial charge in [-0.05, 0) is 92.0 Å². The smallest absolute Gasteiger partial charge is 0.193 e. The fraction of sp³-hybridized carbons (Fsp3) is 0.526. The Morgan fingerprint density at radius 1 is 1.04 bits per heavy atom. The maximum atomic E-state index is 17.6. The highest BCUT2D eigenvalue weighted by molar-refractivity contribution is 6.01. The van der Waals surface area contributed by atoms with Crippen LogP contribution in [0, 0.1) is 28.6 Å². The van der Waals surface area contributed by atoms with Crippen LogP contribution < -0.4 is 4.74 Å². The van der Waals surface area contributed by atoms with E-state index in [1.54, 1.807) is 31.2 Å². The number of Topliss-reactive ketones (excluding diaryl/α,β-unsaturated/α-hetero) is 1. The molecule has 10 atom stereocenters. The molecule has 1 aliphatic heterocycles. The minimum atomic E-state index is -2.30. The Morgan fingerprint density at radius 2 is 1.70 bits per heavy atom. The molecule has 2 N–H and O–H groups in total. The van der Waals surface area contributed by atoms with Gasteiger partial charge >= 0.3 is 0 Å². The van der Waals surface area contributed by atoms with Crippen molar-refractivity contribution in [3.05, 3.63) is 83.5 Å². The quantitative estimate of drug-likeness (QED) is 0.362. The van der Waals surface area contributed by atoms with Gasteiger partial charge in [0.25, 0.3) is 0 Å². The number of ketones is 2. The van der Waals surface area contributed by atoms with Crippen molar-refractivity contribution in [2.24, 2.45) is 28.6 Å². The maximum absolute atomic E-state index is 17.6. The minimum absolute atomic E-state index is 0.0360. The van der Waals surface area contributed by atoms with Crippen molar-refractivity contribution < 1.29 is 42.8 Å². The molecule has 0 amide bonds. The topological polar surface area (TPSA) is 102 Å². The normalized spacial score (nSPS) is 40.4. The third-order valence-electron chi connectivity index (χ3n) is 11.9. The first kappa shape index (κ1) is 32.3. The summed E-state index contributed by atoms with van der Waals surface area (Å²) < 4.78 is 52.4. The van der Waals surface area contributed by atoms with Crippen LogP contribution >= 0.6 is 0 Å². The zero-order chi connectivity index (χ0) is 33.5. The van der Waals surface area contributed by atoms with E-state index < -0.39 is 76.8 Å². The molecule has 47 heavy (non-hydrogen) atoms. The zero-order valence-electron chi connectivity index (χ0n) is 27.1. The van der Waals surface area contributed by atoms with Gasteiger partial charge in [0.15, 0.2) is 29.1 Å². The van der Waals surface area contributed by atoms with Crippen LogP contribution in [0.1, 0.15) is 64.4 Å². The lowest BCUT2D eigenvalue weighted by atomic mass is 9.44. The van der Waals surface area contributed by atoms with Crippen LogP contribution in [0.3, 0.4) is 0 Å². The average Bonchev–Trinajstić information content (AvgIpc) is 3.53. The van der Waals surface area contributed by atoms with Crippen molar-refractivity contribution in [2.75, 3.05) is 6.61 Å². The van der Waals surface area contributed by atoms with E-state index in [4.69, 9.17) is 14.2 Å². The molecule has 0 aromatic heterocycles. The summed E-state index contributed by atoms with van der Waals surface area (Å²) in [5.41, 5.74) is -4.81. The predicted molar refractivity (Wildman–Crippen MR) is 169 cm³/mol. The molecule has 7 nitrogen and oxygen atoms in total. The molecule has 0 bridgehead atoms. The van der Waals surface area contributed by atoms with Gasteiger partial charge in [-0.3, -0.25) is 9.59 Å². The van der Waals surface area contributed by atoms with E-state index in [2.05, 4.69) is 13.8 Å². The summed E-state index contributed by atoms with van der Waals surface area (Å²) in [7, 11) is 0. The van der Waals surface area contributed by atoms with Gasteiger partial charge in [0.05, 0.1) is 12.2 Å². The first-order chi connectivity index (χ1) is 22.3. The van der Waals surface area contributed by atoms with Crippen molar-refractivity contribution in [3.8, 4) is 11.5 Å². The molecule has 5 aliphatic rings. The number of ether oxygens (including phenoxy) is 3. The van der Waals surface area contributed by atoms with Crippen LogP contribution in [0.5, 0.6) is 11.5 Å². The summed E-state index contributed by atoms with van der Waals surface area (Å²) in [4.78, 5) is 25.9. The van der Waals surface area contributed by atoms with Crippen molar-refractivity contribution in [1.82, 2.24) is 0 Å². The second kappa shape index (κ2) is 11.2. The Kier molecular flexibility index (Phi) is 7.67. The molecule has 2 aromatic carbocycles. The highest BCUT2D eigenvalue weighted by Crippen LogP contribution is 2.72. The molecule has 1 heterocycles. The van der Waals surface area contributed by atoms with Gasteiger partial charge in [0.2, 0.25) is 0 Å². The summed E-state index contributed by atoms with van der Waals surface area (Å²) in [6, 6.07) is 15.1. The van der Waals surface area contributed by atoms with Crippen molar-refractivity contribution in [3.63, 3.8) is 0 Å². The standard InChI is InChI=1S/C38H42F2O7/c1-21(2)15-22-5-9-25(10-6-22)45-26-11-7-23(8-12-26)34-46-33-18-27-28-17-30(39)29-16-24(42)13-14-35(29,3)37(28,40)31(43)19-36(27,4)38(33,47-34)32(44)20-41/h5-14,16,21,27-28,30-31,33-34,41,43H,15,17-20H2,1-4H3/t27-,28-,30-,31-,33+,34+,35-,36-,37-,38+/m0/s1. The lowest BCUT2D eigenvalue weighted by Gasteiger charge is -2.63. The number of halogens is 2. The predicted octanol–water partition coefficient (Wildman–Crippen LogP) is 6.32. The third kappa shape index (κ3) is 4.56. The summed E-state index contributed by atoms with van der Waals surface area (Å²) in [6.45, 7) is 6.82. The van der Waals surface area contributed by atoms with Gasteiger partial charge in [-0.2, -0.15) is 0 Å². The number of rotatable bonds is 7. The second-order valence-electron chi connectivity index (χ2n) is 14.9. The lowest BCUT2D eigenvalue weighted by molar-refractivity contribution is -0.235. The van der Waals surface area contributed by atoms with Crippen LogP contribution in [0.25, 0.3) is 0 Å². The number of benzene rings is 2. The number of alkyl halides is 2. The fourth-order valence-electron chi connectivity index (χ4n) is 9.71. The molecular weight excluding hydrogens is 606 g/mol. The summed E-state index contributed by atoms with van der Waals surface area (Å²) in [5, 5.41) is 21.9. The number of carbonyl (C=O) groups is 2. The molecule has 0 unspecified atom stereocenters. The highest BCUT2D eigenvalue weighted by atomic mass is 19.1. The van der Waals surface area contributed by atoms with E-state index in [0.29, 0.717) is 23.0 Å². The Hall–Kier alpha value is -3.24. The molecule has 7 rings (SSSR count). The van der Waals surface area contributed by atoms with Gasteiger partial charge < -0.3 is 24.4 Å². The second-order valence-corrected chi connectivity index (χ2v) is 14.9. The van der Waals surface area contributed by atoms with Crippen molar-refractivity contribution in [1.29, 1.82) is 0 Å². The molecular formula is C38H42F2O7. The number of aliphatic hydroxyl groups excluding tert-OH is 2. The monoisotopic (exact) mass is 648 g/mol. The van der Waals surface area contributed by atoms with Crippen LogP contribution in [-0.4, -0.2) is 58.0 Å². The summed E-state index contributed by atoms with van der Waals surface area (Å²) in [6.07, 6.45) is -0.516. The van der Waals surface area contributed by atoms with E-state index in [1.165, 1.54) is 24.6 Å². The molecule has 1 saturated heterocycles. The average molecular weight is 649 g/mol. The zero-order valence-corrected chi connectivity index (χ0v) is 27.1. The highest BCUT2D eigenvalue weighted by Gasteiger charge is 2.80. The van der Waals surface area contributed by atoms with Gasteiger partial charge in [-0.1, -0.05) is 51.1 Å². The molecule has 9 heteroatoms. The Bertz CT molecular complexity index is 1640. The molecule has 2 aromatic rings. The number of hydrogen-bond donors (Lipinski definition) is 2. The molecule has 0 radical (unpaired) electrons. The number of aliphatic hydroxyl groups is 2. The SMILES string of the molecule is CC(C)Cc1ccc(Oc2ccc([C@@H]3O[C@@H]4C[C@H]5[C@@H]6C[C@H](F)C7=CC(=O)C=C[C@]7(C)[C@@]6(F)[C@@H](O)C[C@]5(C)[C@]4(C(=O)CO)O3)cc2)cc1. The van der Waals surface area contributed by atoms with E-state index in [-0.39, 0.29) is 24.8 Å². The fourth-order valence-corrected chi connectivity index (χ4v) is 9.71. The molecule has 0 spiro atoms. The number of allylic oxidation sites excluding steroid dienone is 4. The van der Waals surface area contributed by atoms with E-state index in [1.807, 2.05) is 24.3 Å². The van der Waals surface area contributed by atoms with Crippen LogP contribution in [0.4, 0.5) is 8.78 Å². The number of hydrogen-bond acceptors (Lipinski definition) is 7. The molecule has 4 aliphatic carbocycles. The maximum Gasteiger partial charge on any atom is 0.193 e. The Labute approximate surface area is 273 Å². The third-order valence-corrected chi connectivity index (χ3v) is 11.9. The van der Waals surface area contributed by atoms with Crippen LogP contribution in [0.15, 0.2) is 72.3 Å². The Balaban J connectivity index is 1.16. The van der Waals surface area contributed by atoms with Gasteiger partial charge in [0, 0.05) is 22.3 Å². The number of fused-ring (bicyclic) bond motifs is 7. The molecule has 3 saturated carbocycles. The van der Waals surface area contributed by atoms with E-state index in [9.17, 15) is 19.8 Å². The first-order valence-corrected chi connectivity index (χ1v) is 16.6. The van der Waals surface area contributed by atoms with Gasteiger partial charge in [-0.15, -0.1) is 0 Å². The Morgan fingerprint density at radius 3 is 2.34 bits per heavy atom. The number of carbonyl (C=O) groups excluding carboxylic acids is 2. The van der Waals surface area contributed by atoms with Crippen LogP contribution in [-0.2, 0) is 25.5 Å². The minimum Gasteiger partial charge on any atom is -0.457 e. The molecule has 4 fully saturated rings.